The molecule has 2 fully saturated rings. The topological polar surface area (TPSA) is 24.7 Å². The van der Waals surface area contributed by atoms with Gasteiger partial charge in [0.2, 0.25) is 0 Å². The Hall–Kier alpha value is -2.22. The van der Waals surface area contributed by atoms with Gasteiger partial charge in [-0.1, -0.05) is 60.7 Å². The van der Waals surface area contributed by atoms with E-state index in [-0.39, 0.29) is 0 Å². The number of aliphatic imine (C=N–C) groups is 2. The molecular formula is C23H26N2. The van der Waals surface area contributed by atoms with E-state index < -0.39 is 0 Å². The summed E-state index contributed by atoms with van der Waals surface area (Å²) in [6.45, 7) is 1.96. The van der Waals surface area contributed by atoms with Crippen LogP contribution in [-0.4, -0.2) is 25.5 Å². The summed E-state index contributed by atoms with van der Waals surface area (Å²) in [6, 6.07) is 20.8. The van der Waals surface area contributed by atoms with Gasteiger partial charge >= 0.3 is 0 Å². The van der Waals surface area contributed by atoms with E-state index in [4.69, 9.17) is 9.98 Å². The lowest BCUT2D eigenvalue weighted by Gasteiger charge is -2.27. The quantitative estimate of drug-likeness (QED) is 0.674. The molecule has 0 heterocycles. The van der Waals surface area contributed by atoms with Crippen molar-refractivity contribution in [2.24, 2.45) is 33.7 Å². The Bertz CT molecular complexity index is 659. The second-order valence-electron chi connectivity index (χ2n) is 7.57. The molecule has 2 aliphatic rings. The van der Waals surface area contributed by atoms with Crippen LogP contribution >= 0.6 is 0 Å². The predicted octanol–water partition coefficient (Wildman–Crippen LogP) is 4.89. The fraction of sp³-hybridized carbons (Fsp3) is 0.391. The number of rotatable bonds is 6. The molecule has 2 heteroatoms. The minimum atomic E-state index is 0.760. The van der Waals surface area contributed by atoms with Crippen molar-refractivity contribution in [1.82, 2.24) is 0 Å². The molecule has 128 valence electrons. The van der Waals surface area contributed by atoms with E-state index in [1.54, 1.807) is 0 Å². The van der Waals surface area contributed by atoms with Crippen molar-refractivity contribution in [1.29, 1.82) is 0 Å². The van der Waals surface area contributed by atoms with Crippen molar-refractivity contribution in [3.63, 3.8) is 0 Å². The summed E-state index contributed by atoms with van der Waals surface area (Å²) in [5.74, 6) is 3.26. The minimum absolute atomic E-state index is 0.760. The highest BCUT2D eigenvalue weighted by Gasteiger charge is 2.45. The summed E-state index contributed by atoms with van der Waals surface area (Å²) in [5.41, 5.74) is 2.41. The van der Waals surface area contributed by atoms with Crippen LogP contribution in [0.1, 0.15) is 30.4 Å². The third-order valence-electron chi connectivity index (χ3n) is 5.85. The summed E-state index contributed by atoms with van der Waals surface area (Å²) in [7, 11) is 0. The molecule has 2 atom stereocenters. The lowest BCUT2D eigenvalue weighted by atomic mass is 9.80. The highest BCUT2D eigenvalue weighted by molar-refractivity contribution is 5.79. The van der Waals surface area contributed by atoms with Crippen molar-refractivity contribution in [2.75, 3.05) is 13.1 Å². The molecule has 25 heavy (non-hydrogen) atoms. The number of hydrogen-bond donors (Lipinski definition) is 0. The van der Waals surface area contributed by atoms with Gasteiger partial charge in [0.25, 0.3) is 0 Å². The molecule has 4 rings (SSSR count). The van der Waals surface area contributed by atoms with Crippen LogP contribution in [0.5, 0.6) is 0 Å². The SMILES string of the molecule is C(=NCC1CC2CC(CN=Cc3ccccc3)C1C2)c1ccccc1. The third-order valence-corrected chi connectivity index (χ3v) is 5.85. The second kappa shape index (κ2) is 7.77. The molecule has 2 aromatic rings. The van der Waals surface area contributed by atoms with E-state index >= 15 is 0 Å². The number of benzene rings is 2. The van der Waals surface area contributed by atoms with Gasteiger partial charge in [0.1, 0.15) is 0 Å². The molecule has 0 amide bonds. The van der Waals surface area contributed by atoms with Gasteiger partial charge in [0.15, 0.2) is 0 Å². The average Bonchev–Trinajstić information content (AvgIpc) is 3.24. The number of nitrogens with zero attached hydrogens (tertiary/aromatic N) is 2. The maximum atomic E-state index is 4.74. The van der Waals surface area contributed by atoms with Crippen LogP contribution in [0, 0.1) is 23.7 Å². The summed E-state index contributed by atoms with van der Waals surface area (Å²) >= 11 is 0. The van der Waals surface area contributed by atoms with Crippen molar-refractivity contribution >= 4 is 12.4 Å². The normalized spacial score (nSPS) is 28.3. The highest BCUT2D eigenvalue weighted by Crippen LogP contribution is 2.51. The molecule has 2 unspecified atom stereocenters. The standard InChI is InChI=1S/C23H26N2/c1-3-7-18(8-4-1)14-24-16-21-11-20-12-22(23(21)13-20)17-25-15-19-9-5-2-6-10-19/h1-10,14-15,20-23H,11-13,16-17H2. The number of hydrogen-bond acceptors (Lipinski definition) is 2. The van der Waals surface area contributed by atoms with Gasteiger partial charge in [-0.3, -0.25) is 9.98 Å². The van der Waals surface area contributed by atoms with E-state index in [2.05, 4.69) is 48.5 Å². The Morgan fingerprint density at radius 1 is 0.680 bits per heavy atom. The van der Waals surface area contributed by atoms with E-state index in [0.717, 1.165) is 36.8 Å². The number of fused-ring (bicyclic) bond motifs is 2. The zero-order chi connectivity index (χ0) is 16.9. The zero-order valence-corrected chi connectivity index (χ0v) is 14.7. The minimum Gasteiger partial charge on any atom is -0.292 e. The smallest absolute Gasteiger partial charge is 0.0420 e. The van der Waals surface area contributed by atoms with Crippen LogP contribution in [0.3, 0.4) is 0 Å². The van der Waals surface area contributed by atoms with Crippen LogP contribution < -0.4 is 0 Å². The Morgan fingerprint density at radius 3 is 1.60 bits per heavy atom. The van der Waals surface area contributed by atoms with E-state index in [0.29, 0.717) is 0 Å². The summed E-state index contributed by atoms with van der Waals surface area (Å²) in [6.07, 6.45) is 8.21. The fourth-order valence-corrected chi connectivity index (χ4v) is 4.73. The van der Waals surface area contributed by atoms with Gasteiger partial charge in [0, 0.05) is 25.5 Å². The maximum absolute atomic E-state index is 4.74. The van der Waals surface area contributed by atoms with E-state index in [1.807, 2.05) is 24.6 Å². The molecular weight excluding hydrogens is 304 g/mol. The molecule has 0 N–H and O–H groups in total. The van der Waals surface area contributed by atoms with Crippen molar-refractivity contribution in [3.05, 3.63) is 71.8 Å². The molecule has 0 radical (unpaired) electrons. The van der Waals surface area contributed by atoms with E-state index in [9.17, 15) is 0 Å². The van der Waals surface area contributed by atoms with Gasteiger partial charge in [-0.2, -0.15) is 0 Å². The molecule has 2 saturated carbocycles. The summed E-state index contributed by atoms with van der Waals surface area (Å²) < 4.78 is 0. The Morgan fingerprint density at radius 2 is 1.16 bits per heavy atom. The van der Waals surface area contributed by atoms with Gasteiger partial charge < -0.3 is 0 Å². The zero-order valence-electron chi connectivity index (χ0n) is 14.7. The molecule has 2 aromatic carbocycles. The monoisotopic (exact) mass is 330 g/mol. The molecule has 2 nitrogen and oxygen atoms in total. The lowest BCUT2D eigenvalue weighted by molar-refractivity contribution is 0.250. The predicted molar refractivity (Wildman–Crippen MR) is 106 cm³/mol. The van der Waals surface area contributed by atoms with Gasteiger partial charge in [-0.25, -0.2) is 0 Å². The molecule has 0 aromatic heterocycles. The molecule has 0 aliphatic heterocycles. The maximum Gasteiger partial charge on any atom is 0.0420 e. The van der Waals surface area contributed by atoms with Crippen LogP contribution in [0.25, 0.3) is 0 Å². The highest BCUT2D eigenvalue weighted by atomic mass is 14.8. The lowest BCUT2D eigenvalue weighted by Crippen LogP contribution is -2.24. The Labute approximate surface area is 150 Å². The van der Waals surface area contributed by atoms with Gasteiger partial charge in [-0.05, 0) is 54.1 Å². The van der Waals surface area contributed by atoms with Crippen molar-refractivity contribution < 1.29 is 0 Å². The molecule has 0 spiro atoms. The van der Waals surface area contributed by atoms with Crippen molar-refractivity contribution in [3.8, 4) is 0 Å². The van der Waals surface area contributed by atoms with E-state index in [1.165, 1.54) is 30.4 Å². The Kier molecular flexibility index (Phi) is 5.06. The van der Waals surface area contributed by atoms with Crippen LogP contribution in [0.4, 0.5) is 0 Å². The Balaban J connectivity index is 1.31. The first-order valence-electron chi connectivity index (χ1n) is 9.48. The van der Waals surface area contributed by atoms with Gasteiger partial charge in [0.05, 0.1) is 0 Å². The molecule has 0 saturated heterocycles. The second-order valence-corrected chi connectivity index (χ2v) is 7.57. The fourth-order valence-electron chi connectivity index (χ4n) is 4.73. The van der Waals surface area contributed by atoms with Crippen LogP contribution in [0.2, 0.25) is 0 Å². The van der Waals surface area contributed by atoms with Crippen LogP contribution in [0.15, 0.2) is 70.6 Å². The average molecular weight is 330 g/mol. The summed E-state index contributed by atoms with van der Waals surface area (Å²) in [5, 5.41) is 0. The summed E-state index contributed by atoms with van der Waals surface area (Å²) in [4.78, 5) is 9.48. The third kappa shape index (κ3) is 4.07. The first-order chi connectivity index (χ1) is 12.4. The van der Waals surface area contributed by atoms with Crippen LogP contribution in [-0.2, 0) is 0 Å². The van der Waals surface area contributed by atoms with Gasteiger partial charge in [-0.15, -0.1) is 0 Å². The molecule has 2 bridgehead atoms. The largest absolute Gasteiger partial charge is 0.292 e. The molecule has 2 aliphatic carbocycles. The van der Waals surface area contributed by atoms with Crippen molar-refractivity contribution in [2.45, 2.75) is 19.3 Å². The first-order valence-corrected chi connectivity index (χ1v) is 9.48. The first kappa shape index (κ1) is 16.3.